The van der Waals surface area contributed by atoms with Crippen LogP contribution in [0.5, 0.6) is 0 Å². The Bertz CT molecular complexity index is 1000. The smallest absolute Gasteiger partial charge is 0.310 e. The van der Waals surface area contributed by atoms with E-state index in [0.717, 1.165) is 29.7 Å². The standard InChI is InChI=1S/C28H35FN2O4/c1-4-35-28(34)23-6-5-15-30(19-23)26(32)17-21-9-13-25(14-10-21)31(27(33)16-20(2)3)18-22-7-11-24(29)12-8-22/h7-14,20,23H,4-6,15-19H2,1-3H3/t23-/m1/s1. The van der Waals surface area contributed by atoms with E-state index in [-0.39, 0.29) is 41.9 Å². The van der Waals surface area contributed by atoms with Crippen molar-refractivity contribution in [3.63, 3.8) is 0 Å². The van der Waals surface area contributed by atoms with Crippen LogP contribution in [-0.4, -0.2) is 42.4 Å². The van der Waals surface area contributed by atoms with Crippen molar-refractivity contribution in [2.45, 2.75) is 53.0 Å². The van der Waals surface area contributed by atoms with Crippen molar-refractivity contribution in [3.05, 3.63) is 65.5 Å². The molecular formula is C28H35FN2O4. The van der Waals surface area contributed by atoms with Crippen molar-refractivity contribution in [3.8, 4) is 0 Å². The zero-order valence-corrected chi connectivity index (χ0v) is 20.8. The number of anilines is 1. The highest BCUT2D eigenvalue weighted by Crippen LogP contribution is 2.23. The molecule has 6 nitrogen and oxygen atoms in total. The van der Waals surface area contributed by atoms with E-state index in [1.165, 1.54) is 12.1 Å². The van der Waals surface area contributed by atoms with Gasteiger partial charge >= 0.3 is 5.97 Å². The fraction of sp³-hybridized carbons (Fsp3) is 0.464. The molecule has 2 amide bonds. The molecule has 0 bridgehead atoms. The Morgan fingerprint density at radius 1 is 1.06 bits per heavy atom. The number of hydrogen-bond donors (Lipinski definition) is 0. The number of piperidine rings is 1. The third-order valence-electron chi connectivity index (χ3n) is 6.14. The predicted molar refractivity (Wildman–Crippen MR) is 133 cm³/mol. The van der Waals surface area contributed by atoms with Crippen LogP contribution in [0.2, 0.25) is 0 Å². The number of hydrogen-bond acceptors (Lipinski definition) is 4. The fourth-order valence-electron chi connectivity index (χ4n) is 4.29. The second kappa shape index (κ2) is 12.5. The Kier molecular flexibility index (Phi) is 9.40. The van der Waals surface area contributed by atoms with Gasteiger partial charge < -0.3 is 14.5 Å². The second-order valence-corrected chi connectivity index (χ2v) is 9.48. The molecular weight excluding hydrogens is 447 g/mol. The maximum Gasteiger partial charge on any atom is 0.310 e. The van der Waals surface area contributed by atoms with Crippen molar-refractivity contribution in [1.29, 1.82) is 0 Å². The third-order valence-corrected chi connectivity index (χ3v) is 6.14. The van der Waals surface area contributed by atoms with Crippen LogP contribution in [0.15, 0.2) is 48.5 Å². The van der Waals surface area contributed by atoms with Gasteiger partial charge in [0.15, 0.2) is 0 Å². The lowest BCUT2D eigenvalue weighted by molar-refractivity contribution is -0.151. The van der Waals surface area contributed by atoms with Crippen LogP contribution < -0.4 is 4.90 Å². The summed E-state index contributed by atoms with van der Waals surface area (Å²) in [4.78, 5) is 41.4. The number of carbonyl (C=O) groups is 3. The molecule has 1 atom stereocenters. The minimum Gasteiger partial charge on any atom is -0.466 e. The summed E-state index contributed by atoms with van der Waals surface area (Å²) in [6.07, 6.45) is 2.15. The molecule has 0 unspecified atom stereocenters. The summed E-state index contributed by atoms with van der Waals surface area (Å²) in [5.41, 5.74) is 2.41. The molecule has 35 heavy (non-hydrogen) atoms. The molecule has 1 aliphatic rings. The van der Waals surface area contributed by atoms with Gasteiger partial charge in [-0.3, -0.25) is 14.4 Å². The molecule has 1 heterocycles. The normalized spacial score (nSPS) is 15.7. The van der Waals surface area contributed by atoms with Crippen LogP contribution in [0.25, 0.3) is 0 Å². The molecule has 0 aromatic heterocycles. The van der Waals surface area contributed by atoms with Crippen molar-refractivity contribution >= 4 is 23.5 Å². The van der Waals surface area contributed by atoms with Crippen LogP contribution in [-0.2, 0) is 32.1 Å². The summed E-state index contributed by atoms with van der Waals surface area (Å²) < 4.78 is 18.4. The van der Waals surface area contributed by atoms with Crippen molar-refractivity contribution in [1.82, 2.24) is 4.90 Å². The number of likely N-dealkylation sites (tertiary alicyclic amines) is 1. The molecule has 0 radical (unpaired) electrons. The van der Waals surface area contributed by atoms with Crippen molar-refractivity contribution < 1.29 is 23.5 Å². The van der Waals surface area contributed by atoms with Gasteiger partial charge in [0.25, 0.3) is 0 Å². The fourth-order valence-corrected chi connectivity index (χ4v) is 4.29. The van der Waals surface area contributed by atoms with Crippen LogP contribution in [0.3, 0.4) is 0 Å². The first-order chi connectivity index (χ1) is 16.8. The molecule has 7 heteroatoms. The van der Waals surface area contributed by atoms with Crippen LogP contribution >= 0.6 is 0 Å². The Hall–Kier alpha value is -3.22. The molecule has 1 saturated heterocycles. The first-order valence-corrected chi connectivity index (χ1v) is 12.3. The van der Waals surface area contributed by atoms with Gasteiger partial charge in [0.05, 0.1) is 25.5 Å². The number of ether oxygens (including phenoxy) is 1. The maximum absolute atomic E-state index is 13.3. The van der Waals surface area contributed by atoms with E-state index in [4.69, 9.17) is 4.74 Å². The maximum atomic E-state index is 13.3. The van der Waals surface area contributed by atoms with E-state index in [1.54, 1.807) is 28.9 Å². The quantitative estimate of drug-likeness (QED) is 0.484. The molecule has 2 aromatic carbocycles. The minimum absolute atomic E-state index is 0.00789. The summed E-state index contributed by atoms with van der Waals surface area (Å²) in [6, 6.07) is 13.6. The molecule has 0 N–H and O–H groups in total. The molecule has 0 aliphatic carbocycles. The number of benzene rings is 2. The summed E-state index contributed by atoms with van der Waals surface area (Å²) in [7, 11) is 0. The number of rotatable bonds is 9. The van der Waals surface area contributed by atoms with Gasteiger partial charge in [0.1, 0.15) is 5.82 Å². The van der Waals surface area contributed by atoms with Gasteiger partial charge in [0.2, 0.25) is 11.8 Å². The molecule has 0 saturated carbocycles. The Morgan fingerprint density at radius 2 is 1.71 bits per heavy atom. The van der Waals surface area contributed by atoms with E-state index in [1.807, 2.05) is 38.1 Å². The summed E-state index contributed by atoms with van der Waals surface area (Å²) >= 11 is 0. The van der Waals surface area contributed by atoms with E-state index >= 15 is 0 Å². The lowest BCUT2D eigenvalue weighted by Crippen LogP contribution is -2.43. The van der Waals surface area contributed by atoms with Crippen LogP contribution in [0.1, 0.15) is 51.2 Å². The molecule has 3 rings (SSSR count). The number of halogens is 1. The van der Waals surface area contributed by atoms with Gasteiger partial charge in [-0.2, -0.15) is 0 Å². The van der Waals surface area contributed by atoms with Gasteiger partial charge in [-0.25, -0.2) is 4.39 Å². The highest BCUT2D eigenvalue weighted by molar-refractivity contribution is 5.93. The molecule has 2 aromatic rings. The van der Waals surface area contributed by atoms with Gasteiger partial charge in [-0.1, -0.05) is 38.1 Å². The molecule has 1 fully saturated rings. The van der Waals surface area contributed by atoms with Gasteiger partial charge in [-0.15, -0.1) is 0 Å². The molecule has 1 aliphatic heterocycles. The van der Waals surface area contributed by atoms with E-state index < -0.39 is 0 Å². The third kappa shape index (κ3) is 7.64. The largest absolute Gasteiger partial charge is 0.466 e. The zero-order chi connectivity index (χ0) is 25.4. The Balaban J connectivity index is 1.68. The molecule has 0 spiro atoms. The topological polar surface area (TPSA) is 66.9 Å². The highest BCUT2D eigenvalue weighted by Gasteiger charge is 2.29. The lowest BCUT2D eigenvalue weighted by Gasteiger charge is -2.31. The lowest BCUT2D eigenvalue weighted by atomic mass is 9.97. The first-order valence-electron chi connectivity index (χ1n) is 12.3. The summed E-state index contributed by atoms with van der Waals surface area (Å²) in [6.45, 7) is 7.49. The van der Waals surface area contributed by atoms with E-state index in [2.05, 4.69) is 0 Å². The SMILES string of the molecule is CCOC(=O)[C@@H]1CCCN(C(=O)Cc2ccc(N(Cc3ccc(F)cc3)C(=O)CC(C)C)cc2)C1. The van der Waals surface area contributed by atoms with Crippen LogP contribution in [0.4, 0.5) is 10.1 Å². The second-order valence-electron chi connectivity index (χ2n) is 9.48. The Labute approximate surface area is 207 Å². The van der Waals surface area contributed by atoms with Crippen LogP contribution in [0, 0.1) is 17.7 Å². The molecule has 188 valence electrons. The predicted octanol–water partition coefficient (Wildman–Crippen LogP) is 4.75. The average Bonchev–Trinajstić information content (AvgIpc) is 2.84. The average molecular weight is 483 g/mol. The monoisotopic (exact) mass is 482 g/mol. The van der Waals surface area contributed by atoms with Crippen molar-refractivity contribution in [2.24, 2.45) is 11.8 Å². The number of amides is 2. The summed E-state index contributed by atoms with van der Waals surface area (Å²) in [5, 5.41) is 0. The first kappa shape index (κ1) is 26.4. The van der Waals surface area contributed by atoms with Gasteiger partial charge in [0, 0.05) is 25.2 Å². The van der Waals surface area contributed by atoms with Crippen molar-refractivity contribution in [2.75, 3.05) is 24.6 Å². The number of carbonyl (C=O) groups excluding carboxylic acids is 3. The number of nitrogens with zero attached hydrogens (tertiary/aromatic N) is 2. The highest BCUT2D eigenvalue weighted by atomic mass is 19.1. The van der Waals surface area contributed by atoms with Gasteiger partial charge in [-0.05, 0) is 61.1 Å². The zero-order valence-electron chi connectivity index (χ0n) is 20.8. The van der Waals surface area contributed by atoms with E-state index in [0.29, 0.717) is 32.7 Å². The van der Waals surface area contributed by atoms with E-state index in [9.17, 15) is 18.8 Å². The summed E-state index contributed by atoms with van der Waals surface area (Å²) in [5.74, 6) is -0.635. The Morgan fingerprint density at radius 3 is 2.34 bits per heavy atom. The number of esters is 1. The minimum atomic E-state index is -0.315.